The van der Waals surface area contributed by atoms with Gasteiger partial charge in [-0.15, -0.1) is 0 Å². The Hall–Kier alpha value is -0.330. The van der Waals surface area contributed by atoms with E-state index < -0.39 is 47.7 Å². The van der Waals surface area contributed by atoms with Crippen LogP contribution in [-0.4, -0.2) is 72.2 Å². The molecule has 1 aliphatic heterocycles. The topological polar surface area (TPSA) is 143 Å². The first kappa shape index (κ1) is 53.7. The van der Waals surface area contributed by atoms with Crippen molar-refractivity contribution in [2.45, 2.75) is 276 Å². The molecule has 1 heterocycles. The van der Waals surface area contributed by atoms with Gasteiger partial charge in [0.2, 0.25) is 0 Å². The molecular weight excluding hydrogens is 729 g/mol. The van der Waals surface area contributed by atoms with Crippen molar-refractivity contribution < 1.29 is 41.9 Å². The molecule has 4 N–H and O–H groups in total. The summed E-state index contributed by atoms with van der Waals surface area (Å²) in [5.74, 6) is 0.249. The minimum atomic E-state index is -4.96. The monoisotopic (exact) mass is 821 g/mol. The van der Waals surface area contributed by atoms with Crippen molar-refractivity contribution in [2.24, 2.45) is 5.92 Å². The van der Waals surface area contributed by atoms with Crippen LogP contribution in [0.3, 0.4) is 0 Å². The van der Waals surface area contributed by atoms with Crippen LogP contribution in [0.25, 0.3) is 0 Å². The zero-order valence-corrected chi connectivity index (χ0v) is 37.4. The second-order valence-corrected chi connectivity index (χ2v) is 18.3. The van der Waals surface area contributed by atoms with Gasteiger partial charge in [0.15, 0.2) is 6.29 Å². The lowest BCUT2D eigenvalue weighted by atomic mass is 9.94. The minimum Gasteiger partial charge on any atom is -0.394 e. The quantitative estimate of drug-likeness (QED) is 0.0349. The van der Waals surface area contributed by atoms with Crippen LogP contribution < -0.4 is 0 Å². The molecule has 9 nitrogen and oxygen atoms in total. The van der Waals surface area contributed by atoms with Crippen LogP contribution in [0.4, 0.5) is 0 Å². The molecule has 0 saturated carbocycles. The van der Waals surface area contributed by atoms with Crippen LogP contribution in [0.2, 0.25) is 0 Å². The molecule has 1 rings (SSSR count). The first-order chi connectivity index (χ1) is 27.2. The predicted molar refractivity (Wildman–Crippen MR) is 231 cm³/mol. The van der Waals surface area contributed by atoms with Crippen LogP contribution in [0.5, 0.6) is 0 Å². The Bertz CT molecular complexity index is 936. The Morgan fingerprint density at radius 3 is 1.09 bits per heavy atom. The lowest BCUT2D eigenvalue weighted by molar-refractivity contribution is -0.299. The summed E-state index contributed by atoms with van der Waals surface area (Å²) in [6.07, 6.45) is 39.9. The summed E-state index contributed by atoms with van der Waals surface area (Å²) < 4.78 is 48.1. The van der Waals surface area contributed by atoms with E-state index in [1.54, 1.807) is 0 Å². The highest BCUT2D eigenvalue weighted by Crippen LogP contribution is 2.28. The zero-order valence-electron chi connectivity index (χ0n) is 36.6. The number of hydrogen-bond acceptors (Lipinski definition) is 8. The highest BCUT2D eigenvalue weighted by Gasteiger charge is 2.47. The fourth-order valence-corrected chi connectivity index (χ4v) is 8.81. The second kappa shape index (κ2) is 37.7. The molecule has 56 heavy (non-hydrogen) atoms. The lowest BCUT2D eigenvalue weighted by Gasteiger charge is -2.41. The average Bonchev–Trinajstić information content (AvgIpc) is 3.17. The SMILES string of the molecule is CCCCCCCCCCCCCCCCCCCCCCC(CCCCCCCCCCCCCCCC)CO[C@H]1O[C@H](CO)[C@H](O)[C@@H](OS(=O)(=O)O)[C@H]1O. The summed E-state index contributed by atoms with van der Waals surface area (Å²) in [6.45, 7) is 4.24. The van der Waals surface area contributed by atoms with Crippen LogP contribution >= 0.6 is 0 Å². The summed E-state index contributed by atoms with van der Waals surface area (Å²) in [4.78, 5) is 0. The molecule has 1 aliphatic rings. The maximum Gasteiger partial charge on any atom is 0.397 e. The molecule has 0 aliphatic carbocycles. The van der Waals surface area contributed by atoms with Crippen LogP contribution in [-0.2, 0) is 24.1 Å². The Morgan fingerprint density at radius 2 is 0.804 bits per heavy atom. The Balaban J connectivity index is 2.31. The van der Waals surface area contributed by atoms with E-state index in [0.717, 1.165) is 25.7 Å². The molecule has 336 valence electrons. The number of unbranched alkanes of at least 4 members (excludes halogenated alkanes) is 32. The number of aliphatic hydroxyl groups is 3. The Labute approximate surface area is 346 Å². The highest BCUT2D eigenvalue weighted by molar-refractivity contribution is 7.80. The summed E-state index contributed by atoms with van der Waals surface area (Å²) in [6, 6.07) is 0. The molecule has 6 atom stereocenters. The molecule has 1 fully saturated rings. The van der Waals surface area contributed by atoms with E-state index in [0.29, 0.717) is 6.61 Å². The summed E-state index contributed by atoms with van der Waals surface area (Å²) in [7, 11) is -4.96. The van der Waals surface area contributed by atoms with E-state index in [1.165, 1.54) is 205 Å². The Kier molecular flexibility index (Phi) is 36.1. The third-order valence-electron chi connectivity index (χ3n) is 12.0. The zero-order chi connectivity index (χ0) is 41.0. The van der Waals surface area contributed by atoms with Crippen LogP contribution in [0.15, 0.2) is 0 Å². The fourth-order valence-electron chi connectivity index (χ4n) is 8.30. The van der Waals surface area contributed by atoms with Crippen molar-refractivity contribution in [1.82, 2.24) is 0 Å². The molecule has 10 heteroatoms. The van der Waals surface area contributed by atoms with Crippen LogP contribution in [0.1, 0.15) is 245 Å². The number of hydrogen-bond donors (Lipinski definition) is 4. The van der Waals surface area contributed by atoms with E-state index in [9.17, 15) is 28.3 Å². The van der Waals surface area contributed by atoms with Gasteiger partial charge in [0, 0.05) is 0 Å². The molecule has 0 bridgehead atoms. The number of aliphatic hydroxyl groups excluding tert-OH is 3. The van der Waals surface area contributed by atoms with E-state index in [-0.39, 0.29) is 5.92 Å². The first-order valence-electron chi connectivity index (χ1n) is 24.1. The van der Waals surface area contributed by atoms with E-state index >= 15 is 0 Å². The molecular formula is C46H92O9S. The fraction of sp³-hybridized carbons (Fsp3) is 1.00. The van der Waals surface area contributed by atoms with Gasteiger partial charge in [0.25, 0.3) is 0 Å². The lowest BCUT2D eigenvalue weighted by Crippen LogP contribution is -2.60. The average molecular weight is 821 g/mol. The van der Waals surface area contributed by atoms with Gasteiger partial charge in [-0.3, -0.25) is 4.55 Å². The number of rotatable bonds is 42. The van der Waals surface area contributed by atoms with Crippen molar-refractivity contribution in [3.8, 4) is 0 Å². The molecule has 1 saturated heterocycles. The van der Waals surface area contributed by atoms with Gasteiger partial charge in [0.05, 0.1) is 13.2 Å². The maximum absolute atomic E-state index is 11.4. The third-order valence-corrected chi connectivity index (χ3v) is 12.4. The largest absolute Gasteiger partial charge is 0.397 e. The van der Waals surface area contributed by atoms with Gasteiger partial charge >= 0.3 is 10.4 Å². The molecule has 0 aromatic heterocycles. The first-order valence-corrected chi connectivity index (χ1v) is 25.5. The van der Waals surface area contributed by atoms with E-state index in [1.807, 2.05) is 0 Å². The molecule has 0 aromatic rings. The predicted octanol–water partition coefficient (Wildman–Crippen LogP) is 12.3. The molecule has 1 unspecified atom stereocenters. The smallest absolute Gasteiger partial charge is 0.394 e. The molecule has 0 aromatic carbocycles. The van der Waals surface area contributed by atoms with Gasteiger partial charge in [-0.25, -0.2) is 4.18 Å². The van der Waals surface area contributed by atoms with Gasteiger partial charge < -0.3 is 24.8 Å². The van der Waals surface area contributed by atoms with Gasteiger partial charge in [0.1, 0.15) is 24.4 Å². The summed E-state index contributed by atoms with van der Waals surface area (Å²) in [5.41, 5.74) is 0. The standard InChI is InChI=1S/C46H92O9S/c1-3-5-7-9-11-13-15-17-19-20-21-22-23-24-26-28-30-32-34-36-38-41(37-35-33-31-29-27-25-18-16-14-12-10-8-6-4-2)40-53-46-44(49)45(55-56(50,51)52)43(48)42(39-47)54-46/h41-49H,3-40H2,1-2H3,(H,50,51,52)/t41?,42-,43+,44-,45-,46+/m1/s1. The van der Waals surface area contributed by atoms with Crippen molar-refractivity contribution in [3.63, 3.8) is 0 Å². The molecule has 0 amide bonds. The minimum absolute atomic E-state index is 0.249. The van der Waals surface area contributed by atoms with Gasteiger partial charge in [-0.1, -0.05) is 232 Å². The summed E-state index contributed by atoms with van der Waals surface area (Å²) >= 11 is 0. The van der Waals surface area contributed by atoms with E-state index in [2.05, 4.69) is 18.0 Å². The second-order valence-electron chi connectivity index (χ2n) is 17.3. The van der Waals surface area contributed by atoms with Gasteiger partial charge in [-0.2, -0.15) is 8.42 Å². The Morgan fingerprint density at radius 1 is 0.500 bits per heavy atom. The normalized spacial score (nSPS) is 20.9. The van der Waals surface area contributed by atoms with Crippen molar-refractivity contribution in [3.05, 3.63) is 0 Å². The van der Waals surface area contributed by atoms with Crippen molar-refractivity contribution >= 4 is 10.4 Å². The van der Waals surface area contributed by atoms with Crippen molar-refractivity contribution in [2.75, 3.05) is 13.2 Å². The van der Waals surface area contributed by atoms with Crippen LogP contribution in [0, 0.1) is 5.92 Å². The van der Waals surface area contributed by atoms with Crippen molar-refractivity contribution in [1.29, 1.82) is 0 Å². The molecule has 0 radical (unpaired) electrons. The maximum atomic E-state index is 11.4. The summed E-state index contributed by atoms with van der Waals surface area (Å²) in [5, 5.41) is 30.8. The number of ether oxygens (including phenoxy) is 2. The van der Waals surface area contributed by atoms with E-state index in [4.69, 9.17) is 9.47 Å². The molecule has 0 spiro atoms. The van der Waals surface area contributed by atoms with Gasteiger partial charge in [-0.05, 0) is 18.8 Å². The highest BCUT2D eigenvalue weighted by atomic mass is 32.3. The third kappa shape index (κ3) is 30.7.